The Morgan fingerprint density at radius 1 is 0.882 bits per heavy atom. The Labute approximate surface area is 99.9 Å². The molecule has 2 aromatic carbocycles. The van der Waals surface area contributed by atoms with Crippen molar-refractivity contribution in [1.82, 2.24) is 0 Å². The minimum atomic E-state index is 0.734. The lowest BCUT2D eigenvalue weighted by Gasteiger charge is -2.04. The molecule has 0 fully saturated rings. The van der Waals surface area contributed by atoms with Crippen molar-refractivity contribution in [2.75, 3.05) is 12.6 Å². The van der Waals surface area contributed by atoms with Crippen LogP contribution in [0, 0.1) is 0 Å². The molecule has 0 saturated carbocycles. The minimum Gasteiger partial charge on any atom is -0.279 e. The molecule has 86 valence electrons. The van der Waals surface area contributed by atoms with E-state index >= 15 is 0 Å². The number of nitrogens with zero attached hydrogens (tertiary/aromatic N) is 2. The number of nitrogens with one attached hydrogen (secondary N) is 1. The van der Waals surface area contributed by atoms with Gasteiger partial charge in [0.15, 0.2) is 0 Å². The minimum absolute atomic E-state index is 0.734. The molecule has 0 bridgehead atoms. The largest absolute Gasteiger partial charge is 0.279 e. The van der Waals surface area contributed by atoms with Crippen molar-refractivity contribution in [1.29, 1.82) is 0 Å². The first kappa shape index (κ1) is 11.3. The van der Waals surface area contributed by atoms with Gasteiger partial charge >= 0.3 is 0 Å². The third-order valence-electron chi connectivity index (χ3n) is 2.15. The van der Waals surface area contributed by atoms with Gasteiger partial charge in [-0.2, -0.15) is 5.11 Å². The molecular weight excluding hydrogens is 214 g/mol. The van der Waals surface area contributed by atoms with E-state index in [1.54, 1.807) is 7.11 Å². The van der Waals surface area contributed by atoms with Gasteiger partial charge in [0, 0.05) is 0 Å². The molecule has 0 aliphatic heterocycles. The second kappa shape index (κ2) is 5.77. The molecule has 0 unspecified atom stereocenters. The van der Waals surface area contributed by atoms with Gasteiger partial charge in [-0.3, -0.25) is 10.3 Å². The molecule has 0 radical (unpaired) electrons. The molecule has 0 saturated heterocycles. The fourth-order valence-corrected chi connectivity index (χ4v) is 1.36. The summed E-state index contributed by atoms with van der Waals surface area (Å²) in [6, 6.07) is 17.1. The average molecular weight is 227 g/mol. The summed E-state index contributed by atoms with van der Waals surface area (Å²) < 4.78 is 0. The van der Waals surface area contributed by atoms with Crippen LogP contribution in [0.15, 0.2) is 64.8 Å². The van der Waals surface area contributed by atoms with Crippen LogP contribution in [0.1, 0.15) is 0 Å². The third kappa shape index (κ3) is 3.12. The Morgan fingerprint density at radius 3 is 2.35 bits per heavy atom. The smallest absolute Gasteiger partial charge is 0.111 e. The lowest BCUT2D eigenvalue weighted by Crippen LogP contribution is -1.94. The van der Waals surface area contributed by atoms with Crippen LogP contribution in [-0.2, 0) is 4.84 Å². The first-order valence-corrected chi connectivity index (χ1v) is 5.25. The van der Waals surface area contributed by atoms with E-state index in [9.17, 15) is 0 Å². The van der Waals surface area contributed by atoms with Crippen LogP contribution in [0.3, 0.4) is 0 Å². The van der Waals surface area contributed by atoms with Crippen LogP contribution in [-0.4, -0.2) is 7.11 Å². The summed E-state index contributed by atoms with van der Waals surface area (Å²) in [7, 11) is 1.56. The van der Waals surface area contributed by atoms with Crippen molar-refractivity contribution in [3.8, 4) is 0 Å². The molecular formula is C13H13N3O. The number of rotatable bonds is 4. The van der Waals surface area contributed by atoms with E-state index in [2.05, 4.69) is 15.7 Å². The molecule has 0 amide bonds. The number of hydrogen-bond acceptors (Lipinski definition) is 4. The summed E-state index contributed by atoms with van der Waals surface area (Å²) in [5, 5.41) is 8.33. The van der Waals surface area contributed by atoms with Gasteiger partial charge in [-0.1, -0.05) is 30.3 Å². The summed E-state index contributed by atoms with van der Waals surface area (Å²) in [5.41, 5.74) is 5.10. The Bertz CT molecular complexity index is 497. The highest BCUT2D eigenvalue weighted by Gasteiger charge is 1.98. The standard InChI is InChI=1S/C13H13N3O/c1-17-16-13-10-6-5-9-12(13)15-14-11-7-3-2-4-8-11/h2-10,16H,1H3. The number of azo groups is 1. The van der Waals surface area contributed by atoms with Crippen LogP contribution in [0.2, 0.25) is 0 Å². The Balaban J connectivity index is 2.21. The van der Waals surface area contributed by atoms with Crippen LogP contribution >= 0.6 is 0 Å². The highest BCUT2D eigenvalue weighted by Crippen LogP contribution is 2.26. The van der Waals surface area contributed by atoms with E-state index in [0.29, 0.717) is 0 Å². The highest BCUT2D eigenvalue weighted by atomic mass is 16.6. The number of anilines is 1. The molecule has 4 nitrogen and oxygen atoms in total. The van der Waals surface area contributed by atoms with Crippen LogP contribution < -0.4 is 5.48 Å². The Morgan fingerprint density at radius 2 is 1.59 bits per heavy atom. The number of hydrogen-bond donors (Lipinski definition) is 1. The van der Waals surface area contributed by atoms with E-state index in [1.807, 2.05) is 54.6 Å². The summed E-state index contributed by atoms with van der Waals surface area (Å²) in [4.78, 5) is 4.87. The van der Waals surface area contributed by atoms with Gasteiger partial charge in [-0.05, 0) is 24.3 Å². The van der Waals surface area contributed by atoms with E-state index in [1.165, 1.54) is 0 Å². The first-order valence-electron chi connectivity index (χ1n) is 5.25. The first-order chi connectivity index (χ1) is 8.40. The zero-order valence-electron chi connectivity index (χ0n) is 9.50. The Hall–Kier alpha value is -2.20. The van der Waals surface area contributed by atoms with Crippen molar-refractivity contribution in [2.24, 2.45) is 10.2 Å². The zero-order valence-corrected chi connectivity index (χ0v) is 9.50. The molecule has 0 aliphatic carbocycles. The average Bonchev–Trinajstić information content (AvgIpc) is 2.39. The molecule has 1 N–H and O–H groups in total. The second-order valence-electron chi connectivity index (χ2n) is 3.36. The zero-order chi connectivity index (χ0) is 11.9. The lowest BCUT2D eigenvalue weighted by atomic mass is 10.3. The molecule has 4 heteroatoms. The maximum Gasteiger partial charge on any atom is 0.111 e. The van der Waals surface area contributed by atoms with Crippen molar-refractivity contribution >= 4 is 17.1 Å². The molecule has 0 aromatic heterocycles. The lowest BCUT2D eigenvalue weighted by molar-refractivity contribution is 0.271. The van der Waals surface area contributed by atoms with Gasteiger partial charge in [0.1, 0.15) is 5.69 Å². The summed E-state index contributed by atoms with van der Waals surface area (Å²) >= 11 is 0. The molecule has 17 heavy (non-hydrogen) atoms. The van der Waals surface area contributed by atoms with E-state index in [0.717, 1.165) is 17.1 Å². The van der Waals surface area contributed by atoms with Crippen LogP contribution in [0.25, 0.3) is 0 Å². The highest BCUT2D eigenvalue weighted by molar-refractivity contribution is 5.63. The van der Waals surface area contributed by atoms with Crippen molar-refractivity contribution in [3.05, 3.63) is 54.6 Å². The molecule has 0 heterocycles. The molecule has 0 atom stereocenters. The fourth-order valence-electron chi connectivity index (χ4n) is 1.36. The van der Waals surface area contributed by atoms with Gasteiger partial charge in [0.2, 0.25) is 0 Å². The Kier molecular flexibility index (Phi) is 3.83. The maximum atomic E-state index is 4.87. The quantitative estimate of drug-likeness (QED) is 0.632. The summed E-state index contributed by atoms with van der Waals surface area (Å²) in [6.45, 7) is 0. The predicted molar refractivity (Wildman–Crippen MR) is 67.7 cm³/mol. The SMILES string of the molecule is CONc1ccccc1N=Nc1ccccc1. The number of benzene rings is 2. The van der Waals surface area contributed by atoms with Crippen molar-refractivity contribution < 1.29 is 4.84 Å². The van der Waals surface area contributed by atoms with E-state index in [-0.39, 0.29) is 0 Å². The fraction of sp³-hybridized carbons (Fsp3) is 0.0769. The van der Waals surface area contributed by atoms with Gasteiger partial charge < -0.3 is 0 Å². The van der Waals surface area contributed by atoms with Gasteiger partial charge in [0.25, 0.3) is 0 Å². The molecule has 0 aliphatic rings. The van der Waals surface area contributed by atoms with E-state index < -0.39 is 0 Å². The molecule has 2 rings (SSSR count). The van der Waals surface area contributed by atoms with Crippen LogP contribution in [0.4, 0.5) is 17.1 Å². The maximum absolute atomic E-state index is 4.87. The van der Waals surface area contributed by atoms with E-state index in [4.69, 9.17) is 4.84 Å². The van der Waals surface area contributed by atoms with Crippen molar-refractivity contribution in [3.63, 3.8) is 0 Å². The molecule has 0 spiro atoms. The van der Waals surface area contributed by atoms with Crippen LogP contribution in [0.5, 0.6) is 0 Å². The second-order valence-corrected chi connectivity index (χ2v) is 3.36. The van der Waals surface area contributed by atoms with Crippen molar-refractivity contribution in [2.45, 2.75) is 0 Å². The molecule has 2 aromatic rings. The normalized spacial score (nSPS) is 10.6. The monoisotopic (exact) mass is 227 g/mol. The van der Waals surface area contributed by atoms with Gasteiger partial charge in [-0.15, -0.1) is 5.11 Å². The van der Waals surface area contributed by atoms with Gasteiger partial charge in [0.05, 0.1) is 18.5 Å². The predicted octanol–water partition coefficient (Wildman–Crippen LogP) is 4.08. The summed E-state index contributed by atoms with van der Waals surface area (Å²) in [5.74, 6) is 0. The topological polar surface area (TPSA) is 46.0 Å². The third-order valence-corrected chi connectivity index (χ3v) is 2.15. The summed E-state index contributed by atoms with van der Waals surface area (Å²) in [6.07, 6.45) is 0. The van der Waals surface area contributed by atoms with Gasteiger partial charge in [-0.25, -0.2) is 0 Å². The number of para-hydroxylation sites is 1.